The summed E-state index contributed by atoms with van der Waals surface area (Å²) in [6.07, 6.45) is 3.54. The Hall–Kier alpha value is -2.70. The fraction of sp³-hybridized carbons (Fsp3) is 0. The van der Waals surface area contributed by atoms with Crippen LogP contribution >= 0.6 is 0 Å². The molecule has 0 amide bonds. The average molecular weight is 227 g/mol. The highest BCUT2D eigenvalue weighted by Gasteiger charge is 2.10. The van der Waals surface area contributed by atoms with E-state index in [0.717, 1.165) is 11.3 Å². The summed E-state index contributed by atoms with van der Waals surface area (Å²) in [5.74, 6) is 0.602. The molecule has 7 heteroatoms. The molecular weight excluding hydrogens is 218 g/mol. The minimum atomic E-state index is 0.0957. The SMILES string of the molecule is Nc1nc(N)nc(-c2cnc3ccccn23)n1. The number of nitrogen functional groups attached to an aromatic ring is 2. The van der Waals surface area contributed by atoms with E-state index in [-0.39, 0.29) is 11.9 Å². The molecule has 0 radical (unpaired) electrons. The number of rotatable bonds is 1. The smallest absolute Gasteiger partial charge is 0.225 e. The van der Waals surface area contributed by atoms with Gasteiger partial charge in [0.2, 0.25) is 11.9 Å². The summed E-state index contributed by atoms with van der Waals surface area (Å²) in [4.78, 5) is 16.0. The number of imidazole rings is 1. The second kappa shape index (κ2) is 3.41. The monoisotopic (exact) mass is 227 g/mol. The third-order valence-electron chi connectivity index (χ3n) is 2.32. The van der Waals surface area contributed by atoms with E-state index in [0.29, 0.717) is 5.82 Å². The summed E-state index contributed by atoms with van der Waals surface area (Å²) in [6.45, 7) is 0. The zero-order chi connectivity index (χ0) is 11.8. The van der Waals surface area contributed by atoms with Crippen molar-refractivity contribution in [1.29, 1.82) is 0 Å². The molecule has 0 saturated carbocycles. The molecular formula is C10H9N7. The van der Waals surface area contributed by atoms with Gasteiger partial charge in [-0.2, -0.15) is 15.0 Å². The molecule has 7 nitrogen and oxygen atoms in total. The highest BCUT2D eigenvalue weighted by Crippen LogP contribution is 2.17. The predicted molar refractivity (Wildman–Crippen MR) is 62.8 cm³/mol. The molecule has 3 aromatic rings. The van der Waals surface area contributed by atoms with Gasteiger partial charge in [0.05, 0.1) is 6.20 Å². The molecule has 17 heavy (non-hydrogen) atoms. The van der Waals surface area contributed by atoms with Crippen LogP contribution in [-0.2, 0) is 0 Å². The number of anilines is 2. The molecule has 0 fully saturated rings. The van der Waals surface area contributed by atoms with Crippen molar-refractivity contribution in [3.8, 4) is 11.5 Å². The maximum absolute atomic E-state index is 5.54. The first-order valence-electron chi connectivity index (χ1n) is 4.93. The van der Waals surface area contributed by atoms with Gasteiger partial charge in [-0.3, -0.25) is 4.40 Å². The fourth-order valence-corrected chi connectivity index (χ4v) is 1.62. The van der Waals surface area contributed by atoms with Crippen molar-refractivity contribution in [2.24, 2.45) is 0 Å². The van der Waals surface area contributed by atoms with Crippen LogP contribution in [0.3, 0.4) is 0 Å². The number of hydrogen-bond acceptors (Lipinski definition) is 6. The van der Waals surface area contributed by atoms with Crippen molar-refractivity contribution in [2.75, 3.05) is 11.5 Å². The van der Waals surface area contributed by atoms with Gasteiger partial charge in [-0.15, -0.1) is 0 Å². The second-order valence-corrected chi connectivity index (χ2v) is 3.45. The summed E-state index contributed by atoms with van der Waals surface area (Å²) in [6, 6.07) is 5.69. The van der Waals surface area contributed by atoms with Gasteiger partial charge in [-0.25, -0.2) is 4.98 Å². The Labute approximate surface area is 96.2 Å². The first-order chi connectivity index (χ1) is 8.24. The Morgan fingerprint density at radius 3 is 2.53 bits per heavy atom. The van der Waals surface area contributed by atoms with Crippen LogP contribution in [0.25, 0.3) is 17.2 Å². The van der Waals surface area contributed by atoms with Crippen LogP contribution in [0.4, 0.5) is 11.9 Å². The number of hydrogen-bond donors (Lipinski definition) is 2. The largest absolute Gasteiger partial charge is 0.368 e. The van der Waals surface area contributed by atoms with Gasteiger partial charge in [0, 0.05) is 6.20 Å². The van der Waals surface area contributed by atoms with Crippen molar-refractivity contribution in [1.82, 2.24) is 24.3 Å². The van der Waals surface area contributed by atoms with Gasteiger partial charge in [-0.05, 0) is 12.1 Å². The van der Waals surface area contributed by atoms with Crippen molar-refractivity contribution < 1.29 is 0 Å². The lowest BCUT2D eigenvalue weighted by molar-refractivity contribution is 1.06. The first-order valence-corrected chi connectivity index (χ1v) is 4.93. The summed E-state index contributed by atoms with van der Waals surface area (Å²) in [7, 11) is 0. The van der Waals surface area contributed by atoms with Gasteiger partial charge >= 0.3 is 0 Å². The Morgan fingerprint density at radius 1 is 1.00 bits per heavy atom. The molecule has 0 bridgehead atoms. The molecule has 3 aromatic heterocycles. The molecule has 0 aliphatic heterocycles. The lowest BCUT2D eigenvalue weighted by Gasteiger charge is -2.01. The van der Waals surface area contributed by atoms with Crippen LogP contribution in [-0.4, -0.2) is 24.3 Å². The number of fused-ring (bicyclic) bond motifs is 1. The van der Waals surface area contributed by atoms with E-state index in [1.807, 2.05) is 28.8 Å². The van der Waals surface area contributed by atoms with E-state index in [2.05, 4.69) is 19.9 Å². The highest BCUT2D eigenvalue weighted by molar-refractivity contribution is 5.58. The number of aromatic nitrogens is 5. The molecule has 0 atom stereocenters. The Morgan fingerprint density at radius 2 is 1.76 bits per heavy atom. The molecule has 0 aliphatic carbocycles. The quantitative estimate of drug-likeness (QED) is 0.621. The van der Waals surface area contributed by atoms with Gasteiger partial charge in [-0.1, -0.05) is 6.07 Å². The molecule has 4 N–H and O–H groups in total. The molecule has 3 heterocycles. The highest BCUT2D eigenvalue weighted by atomic mass is 15.2. The maximum Gasteiger partial charge on any atom is 0.225 e. The van der Waals surface area contributed by atoms with Crippen molar-refractivity contribution in [3.63, 3.8) is 0 Å². The van der Waals surface area contributed by atoms with E-state index < -0.39 is 0 Å². The van der Waals surface area contributed by atoms with E-state index in [9.17, 15) is 0 Å². The number of nitrogens with two attached hydrogens (primary N) is 2. The average Bonchev–Trinajstić information content (AvgIpc) is 2.71. The molecule has 3 rings (SSSR count). The van der Waals surface area contributed by atoms with Crippen molar-refractivity contribution in [3.05, 3.63) is 30.6 Å². The van der Waals surface area contributed by atoms with Crippen molar-refractivity contribution >= 4 is 17.5 Å². The second-order valence-electron chi connectivity index (χ2n) is 3.45. The minimum absolute atomic E-state index is 0.0957. The van der Waals surface area contributed by atoms with Gasteiger partial charge < -0.3 is 11.5 Å². The fourth-order valence-electron chi connectivity index (χ4n) is 1.62. The van der Waals surface area contributed by atoms with Crippen LogP contribution in [0.1, 0.15) is 0 Å². The zero-order valence-electron chi connectivity index (χ0n) is 8.78. The topological polar surface area (TPSA) is 108 Å². The van der Waals surface area contributed by atoms with Gasteiger partial charge in [0.15, 0.2) is 5.82 Å². The Balaban J connectivity index is 2.27. The molecule has 0 spiro atoms. The normalized spacial score (nSPS) is 10.8. The zero-order valence-corrected chi connectivity index (χ0v) is 8.78. The van der Waals surface area contributed by atoms with E-state index >= 15 is 0 Å². The molecule has 0 aliphatic rings. The van der Waals surface area contributed by atoms with E-state index in [1.165, 1.54) is 0 Å². The number of pyridine rings is 1. The van der Waals surface area contributed by atoms with Gasteiger partial charge in [0.1, 0.15) is 11.3 Å². The maximum atomic E-state index is 5.54. The summed E-state index contributed by atoms with van der Waals surface area (Å²) in [5.41, 5.74) is 12.6. The summed E-state index contributed by atoms with van der Waals surface area (Å²) < 4.78 is 1.86. The molecule has 0 saturated heterocycles. The van der Waals surface area contributed by atoms with Crippen LogP contribution in [0.2, 0.25) is 0 Å². The molecule has 84 valence electrons. The summed E-state index contributed by atoms with van der Waals surface area (Å²) >= 11 is 0. The summed E-state index contributed by atoms with van der Waals surface area (Å²) in [5, 5.41) is 0. The third-order valence-corrected chi connectivity index (χ3v) is 2.32. The first kappa shape index (κ1) is 9.52. The van der Waals surface area contributed by atoms with Gasteiger partial charge in [0.25, 0.3) is 0 Å². The third kappa shape index (κ3) is 1.53. The van der Waals surface area contributed by atoms with Crippen LogP contribution < -0.4 is 11.5 Å². The predicted octanol–water partition coefficient (Wildman–Crippen LogP) is 0.351. The lowest BCUT2D eigenvalue weighted by Crippen LogP contribution is -2.05. The molecule has 0 unspecified atom stereocenters. The molecule has 0 aromatic carbocycles. The van der Waals surface area contributed by atoms with E-state index in [1.54, 1.807) is 6.20 Å². The standard InChI is InChI=1S/C10H9N7/c11-9-14-8(15-10(12)16-9)6-5-13-7-3-1-2-4-17(6)7/h1-5H,(H4,11,12,14,15,16). The van der Waals surface area contributed by atoms with Crippen molar-refractivity contribution in [2.45, 2.75) is 0 Å². The van der Waals surface area contributed by atoms with Crippen LogP contribution in [0.15, 0.2) is 30.6 Å². The lowest BCUT2D eigenvalue weighted by atomic mass is 10.4. The Bertz CT molecular complexity index is 668. The van der Waals surface area contributed by atoms with Crippen LogP contribution in [0.5, 0.6) is 0 Å². The number of nitrogens with zero attached hydrogens (tertiary/aromatic N) is 5. The minimum Gasteiger partial charge on any atom is -0.368 e. The Kier molecular flexibility index (Phi) is 1.91. The van der Waals surface area contributed by atoms with E-state index in [4.69, 9.17) is 11.5 Å². The van der Waals surface area contributed by atoms with Crippen LogP contribution in [0, 0.1) is 0 Å².